The lowest BCUT2D eigenvalue weighted by atomic mass is 9.92. The molecule has 0 aliphatic carbocycles. The normalized spacial score (nSPS) is 12.9. The van der Waals surface area contributed by atoms with Gasteiger partial charge in [0.2, 0.25) is 5.91 Å². The van der Waals surface area contributed by atoms with Gasteiger partial charge < -0.3 is 10.4 Å². The zero-order chi connectivity index (χ0) is 13.5. The van der Waals surface area contributed by atoms with Gasteiger partial charge >= 0.3 is 5.97 Å². The third-order valence-electron chi connectivity index (χ3n) is 2.92. The number of carboxylic acid groups (broad SMARTS) is 1. The second kappa shape index (κ2) is 7.06. The predicted octanol–water partition coefficient (Wildman–Crippen LogP) is 0.910. The van der Waals surface area contributed by atoms with Crippen molar-refractivity contribution < 1.29 is 14.7 Å². The molecule has 0 spiro atoms. The highest BCUT2D eigenvalue weighted by atomic mass is 16.4. The molecule has 1 atom stereocenters. The Morgan fingerprint density at radius 1 is 1.41 bits per heavy atom. The molecule has 17 heavy (non-hydrogen) atoms. The number of carbonyl (C=O) groups is 2. The minimum absolute atomic E-state index is 0.225. The Labute approximate surface area is 102 Å². The first-order chi connectivity index (χ1) is 7.93. The van der Waals surface area contributed by atoms with E-state index in [1.165, 1.54) is 0 Å². The standard InChI is InChI=1S/C12H22N2O3/c1-5-8-13-10(15)9(4)14-12(6-2,7-3)11(16)17/h5,9,14H,1,6-8H2,2-4H3,(H,13,15)(H,16,17). The lowest BCUT2D eigenvalue weighted by Gasteiger charge is -2.31. The van der Waals surface area contributed by atoms with Gasteiger partial charge in [-0.05, 0) is 19.8 Å². The number of hydrogen-bond acceptors (Lipinski definition) is 3. The molecule has 0 aliphatic rings. The molecule has 0 aromatic heterocycles. The fourth-order valence-electron chi connectivity index (χ4n) is 1.62. The summed E-state index contributed by atoms with van der Waals surface area (Å²) in [6.07, 6.45) is 2.44. The molecule has 0 bridgehead atoms. The third-order valence-corrected chi connectivity index (χ3v) is 2.92. The van der Waals surface area contributed by atoms with Crippen LogP contribution in [0.5, 0.6) is 0 Å². The smallest absolute Gasteiger partial charge is 0.323 e. The molecule has 3 N–H and O–H groups in total. The first-order valence-corrected chi connectivity index (χ1v) is 5.83. The van der Waals surface area contributed by atoms with Crippen LogP contribution in [0, 0.1) is 0 Å². The molecule has 0 rings (SSSR count). The molecule has 5 heteroatoms. The highest BCUT2D eigenvalue weighted by Crippen LogP contribution is 2.16. The fourth-order valence-corrected chi connectivity index (χ4v) is 1.62. The quantitative estimate of drug-likeness (QED) is 0.553. The van der Waals surface area contributed by atoms with Crippen LogP contribution in [-0.2, 0) is 9.59 Å². The van der Waals surface area contributed by atoms with Crippen molar-refractivity contribution in [1.82, 2.24) is 10.6 Å². The monoisotopic (exact) mass is 242 g/mol. The molecule has 0 radical (unpaired) electrons. The van der Waals surface area contributed by atoms with E-state index >= 15 is 0 Å². The molecule has 0 aromatic rings. The number of rotatable bonds is 8. The van der Waals surface area contributed by atoms with E-state index in [4.69, 9.17) is 0 Å². The maximum Gasteiger partial charge on any atom is 0.323 e. The molecule has 1 amide bonds. The SMILES string of the molecule is C=CCNC(=O)C(C)NC(CC)(CC)C(=O)O. The van der Waals surface area contributed by atoms with Gasteiger partial charge in [0.1, 0.15) is 5.54 Å². The topological polar surface area (TPSA) is 78.4 Å². The van der Waals surface area contributed by atoms with Gasteiger partial charge in [-0.25, -0.2) is 0 Å². The van der Waals surface area contributed by atoms with E-state index in [0.29, 0.717) is 19.4 Å². The molecule has 5 nitrogen and oxygen atoms in total. The van der Waals surface area contributed by atoms with Gasteiger partial charge in [-0.2, -0.15) is 0 Å². The number of amides is 1. The fraction of sp³-hybridized carbons (Fsp3) is 0.667. The zero-order valence-electron chi connectivity index (χ0n) is 10.7. The van der Waals surface area contributed by atoms with E-state index in [1.807, 2.05) is 0 Å². The molecule has 0 fully saturated rings. The summed E-state index contributed by atoms with van der Waals surface area (Å²) < 4.78 is 0. The Morgan fingerprint density at radius 2 is 1.94 bits per heavy atom. The molecular weight excluding hydrogens is 220 g/mol. The molecule has 0 saturated heterocycles. The minimum atomic E-state index is -1.04. The molecule has 1 unspecified atom stereocenters. The molecule has 0 aliphatic heterocycles. The largest absolute Gasteiger partial charge is 0.480 e. The lowest BCUT2D eigenvalue weighted by molar-refractivity contribution is -0.146. The molecule has 98 valence electrons. The number of carboxylic acids is 1. The van der Waals surface area contributed by atoms with Crippen LogP contribution in [0.25, 0.3) is 0 Å². The van der Waals surface area contributed by atoms with Gasteiger partial charge in [0, 0.05) is 6.54 Å². The van der Waals surface area contributed by atoms with E-state index in [0.717, 1.165) is 0 Å². The number of carbonyl (C=O) groups excluding carboxylic acids is 1. The Morgan fingerprint density at radius 3 is 2.29 bits per heavy atom. The van der Waals surface area contributed by atoms with Crippen molar-refractivity contribution in [3.63, 3.8) is 0 Å². The van der Waals surface area contributed by atoms with Gasteiger partial charge in [-0.1, -0.05) is 19.9 Å². The molecule has 0 aromatic carbocycles. The molecule has 0 heterocycles. The van der Waals surface area contributed by atoms with Gasteiger partial charge in [-0.15, -0.1) is 6.58 Å². The van der Waals surface area contributed by atoms with Gasteiger partial charge in [0.15, 0.2) is 0 Å². The van der Waals surface area contributed by atoms with Crippen molar-refractivity contribution in [2.75, 3.05) is 6.54 Å². The second-order valence-electron chi connectivity index (χ2n) is 3.99. The summed E-state index contributed by atoms with van der Waals surface area (Å²) in [5.74, 6) is -1.15. The Kier molecular flexibility index (Phi) is 6.50. The average molecular weight is 242 g/mol. The van der Waals surface area contributed by atoms with Crippen molar-refractivity contribution in [2.45, 2.75) is 45.2 Å². The maximum absolute atomic E-state index is 11.6. The first kappa shape index (κ1) is 15.6. The highest BCUT2D eigenvalue weighted by molar-refractivity contribution is 5.84. The number of aliphatic carboxylic acids is 1. The number of nitrogens with one attached hydrogen (secondary N) is 2. The summed E-state index contributed by atoms with van der Waals surface area (Å²) in [7, 11) is 0. The summed E-state index contributed by atoms with van der Waals surface area (Å²) >= 11 is 0. The Hall–Kier alpha value is -1.36. The van der Waals surface area contributed by atoms with Crippen LogP contribution in [0.1, 0.15) is 33.6 Å². The summed E-state index contributed by atoms with van der Waals surface area (Å²) in [4.78, 5) is 22.9. The van der Waals surface area contributed by atoms with Crippen LogP contribution in [0.2, 0.25) is 0 Å². The van der Waals surface area contributed by atoms with E-state index in [9.17, 15) is 14.7 Å². The van der Waals surface area contributed by atoms with Gasteiger partial charge in [0.25, 0.3) is 0 Å². The Balaban J connectivity index is 4.60. The second-order valence-corrected chi connectivity index (χ2v) is 3.99. The van der Waals surface area contributed by atoms with Crippen LogP contribution >= 0.6 is 0 Å². The predicted molar refractivity (Wildman–Crippen MR) is 66.8 cm³/mol. The first-order valence-electron chi connectivity index (χ1n) is 5.83. The lowest BCUT2D eigenvalue weighted by Crippen LogP contribution is -2.58. The van der Waals surface area contributed by atoms with Crippen molar-refractivity contribution in [2.24, 2.45) is 0 Å². The van der Waals surface area contributed by atoms with Gasteiger partial charge in [-0.3, -0.25) is 14.9 Å². The van der Waals surface area contributed by atoms with E-state index in [-0.39, 0.29) is 5.91 Å². The van der Waals surface area contributed by atoms with Crippen LogP contribution in [-0.4, -0.2) is 35.1 Å². The average Bonchev–Trinajstić information content (AvgIpc) is 2.32. The molecule has 0 saturated carbocycles. The van der Waals surface area contributed by atoms with Crippen molar-refractivity contribution in [3.05, 3.63) is 12.7 Å². The van der Waals surface area contributed by atoms with E-state index < -0.39 is 17.6 Å². The summed E-state index contributed by atoms with van der Waals surface area (Å²) in [6, 6.07) is -0.550. The highest BCUT2D eigenvalue weighted by Gasteiger charge is 2.36. The summed E-state index contributed by atoms with van der Waals surface area (Å²) in [5.41, 5.74) is -1.04. The van der Waals surface area contributed by atoms with Crippen molar-refractivity contribution in [3.8, 4) is 0 Å². The summed E-state index contributed by atoms with van der Waals surface area (Å²) in [6.45, 7) is 9.11. The molecular formula is C12H22N2O3. The van der Waals surface area contributed by atoms with Crippen LogP contribution < -0.4 is 10.6 Å². The minimum Gasteiger partial charge on any atom is -0.480 e. The third kappa shape index (κ3) is 4.19. The van der Waals surface area contributed by atoms with E-state index in [1.54, 1.807) is 26.8 Å². The van der Waals surface area contributed by atoms with Crippen molar-refractivity contribution in [1.29, 1.82) is 0 Å². The number of hydrogen-bond donors (Lipinski definition) is 3. The van der Waals surface area contributed by atoms with Gasteiger partial charge in [0.05, 0.1) is 6.04 Å². The Bertz CT molecular complexity index is 285. The van der Waals surface area contributed by atoms with Crippen molar-refractivity contribution >= 4 is 11.9 Å². The van der Waals surface area contributed by atoms with E-state index in [2.05, 4.69) is 17.2 Å². The zero-order valence-corrected chi connectivity index (χ0v) is 10.7. The summed E-state index contributed by atoms with van der Waals surface area (Å²) in [5, 5.41) is 14.7. The maximum atomic E-state index is 11.6. The van der Waals surface area contributed by atoms with Crippen LogP contribution in [0.3, 0.4) is 0 Å². The van der Waals surface area contributed by atoms with Crippen LogP contribution in [0.15, 0.2) is 12.7 Å². The van der Waals surface area contributed by atoms with Crippen LogP contribution in [0.4, 0.5) is 0 Å².